The molecule has 4 rings (SSSR count). The quantitative estimate of drug-likeness (QED) is 0.883. The van der Waals surface area contributed by atoms with Crippen molar-refractivity contribution in [3.8, 4) is 11.3 Å². The van der Waals surface area contributed by atoms with E-state index in [1.807, 2.05) is 30.3 Å². The van der Waals surface area contributed by atoms with Gasteiger partial charge in [-0.25, -0.2) is 12.7 Å². The number of nitrogens with zero attached hydrogens (tertiary/aromatic N) is 3. The zero-order valence-electron chi connectivity index (χ0n) is 13.9. The summed E-state index contributed by atoms with van der Waals surface area (Å²) in [4.78, 5) is 0.280. The van der Waals surface area contributed by atoms with Gasteiger partial charge in [0.1, 0.15) is 10.6 Å². The number of fused-ring (bicyclic) bond motifs is 1. The van der Waals surface area contributed by atoms with Crippen LogP contribution in [0, 0.1) is 17.8 Å². The van der Waals surface area contributed by atoms with E-state index in [9.17, 15) is 8.42 Å². The molecule has 2 fully saturated rings. The molecule has 2 heterocycles. The number of rotatable bonds is 5. The molecule has 1 aromatic heterocycles. The molecular formula is C17H22N4O2S. The first kappa shape index (κ1) is 15.8. The number of aromatic nitrogens is 2. The third-order valence-electron chi connectivity index (χ3n) is 5.27. The Bertz CT molecular complexity index is 837. The Hall–Kier alpha value is -1.70. The molecule has 2 aliphatic rings. The average Bonchev–Trinajstić information content (AvgIpc) is 2.96. The molecule has 7 heteroatoms. The van der Waals surface area contributed by atoms with E-state index >= 15 is 0 Å². The molecule has 0 bridgehead atoms. The molecule has 1 aliphatic heterocycles. The maximum Gasteiger partial charge on any atom is 0.246 e. The zero-order valence-corrected chi connectivity index (χ0v) is 14.7. The van der Waals surface area contributed by atoms with Gasteiger partial charge < -0.3 is 5.32 Å². The lowest BCUT2D eigenvalue weighted by molar-refractivity contribution is 0.423. The Morgan fingerprint density at radius 3 is 2.58 bits per heavy atom. The summed E-state index contributed by atoms with van der Waals surface area (Å²) in [5.74, 6) is 1.78. The van der Waals surface area contributed by atoms with Crippen molar-refractivity contribution in [2.45, 2.75) is 4.90 Å². The molecule has 24 heavy (non-hydrogen) atoms. The summed E-state index contributed by atoms with van der Waals surface area (Å²) < 4.78 is 29.2. The van der Waals surface area contributed by atoms with E-state index in [1.165, 1.54) is 4.31 Å². The van der Waals surface area contributed by atoms with Gasteiger partial charge in [-0.3, -0.25) is 4.68 Å². The molecule has 0 radical (unpaired) electrons. The lowest BCUT2D eigenvalue weighted by Crippen LogP contribution is -2.31. The van der Waals surface area contributed by atoms with Crippen molar-refractivity contribution in [1.82, 2.24) is 19.4 Å². The Balaban J connectivity index is 1.62. The van der Waals surface area contributed by atoms with Crippen LogP contribution >= 0.6 is 0 Å². The highest BCUT2D eigenvalue weighted by Gasteiger charge is 2.53. The summed E-state index contributed by atoms with van der Waals surface area (Å²) in [6, 6.07) is 9.47. The van der Waals surface area contributed by atoms with Crippen LogP contribution in [0.5, 0.6) is 0 Å². The number of piperidine rings is 1. The molecule has 1 saturated heterocycles. The van der Waals surface area contributed by atoms with Gasteiger partial charge in [-0.15, -0.1) is 0 Å². The van der Waals surface area contributed by atoms with E-state index in [-0.39, 0.29) is 4.90 Å². The van der Waals surface area contributed by atoms with Crippen molar-refractivity contribution in [2.75, 3.05) is 26.7 Å². The molecule has 1 saturated carbocycles. The molecule has 0 spiro atoms. The second kappa shape index (κ2) is 5.68. The van der Waals surface area contributed by atoms with Crippen LogP contribution in [0.25, 0.3) is 11.3 Å². The van der Waals surface area contributed by atoms with Crippen molar-refractivity contribution in [1.29, 1.82) is 0 Å². The van der Waals surface area contributed by atoms with Crippen molar-refractivity contribution < 1.29 is 8.42 Å². The highest BCUT2D eigenvalue weighted by molar-refractivity contribution is 7.89. The minimum Gasteiger partial charge on any atom is -0.316 e. The van der Waals surface area contributed by atoms with E-state index < -0.39 is 10.0 Å². The molecule has 2 aromatic rings. The molecule has 1 aliphatic carbocycles. The van der Waals surface area contributed by atoms with Crippen molar-refractivity contribution >= 4 is 10.0 Å². The summed E-state index contributed by atoms with van der Waals surface area (Å²) >= 11 is 0. The number of nitrogens with one attached hydrogen (secondary N) is 1. The number of hydrogen-bond acceptors (Lipinski definition) is 4. The molecule has 6 nitrogen and oxygen atoms in total. The van der Waals surface area contributed by atoms with Gasteiger partial charge in [0.2, 0.25) is 10.0 Å². The SMILES string of the molecule is CN(CC1[C@H]2CNC[C@@H]12)S(=O)(=O)c1cn(C)nc1-c1ccccc1. The summed E-state index contributed by atoms with van der Waals surface area (Å²) in [6.07, 6.45) is 1.60. The van der Waals surface area contributed by atoms with Gasteiger partial charge in [-0.2, -0.15) is 5.10 Å². The highest BCUT2D eigenvalue weighted by atomic mass is 32.2. The Morgan fingerprint density at radius 1 is 1.25 bits per heavy atom. The topological polar surface area (TPSA) is 67.2 Å². The lowest BCUT2D eigenvalue weighted by Gasteiger charge is -2.18. The predicted molar refractivity (Wildman–Crippen MR) is 91.8 cm³/mol. The van der Waals surface area contributed by atoms with E-state index in [1.54, 1.807) is 25.0 Å². The number of benzene rings is 1. The molecule has 1 N–H and O–H groups in total. The van der Waals surface area contributed by atoms with Crippen LogP contribution < -0.4 is 5.32 Å². The van der Waals surface area contributed by atoms with E-state index in [2.05, 4.69) is 10.4 Å². The molecule has 3 atom stereocenters. The first-order valence-corrected chi connectivity index (χ1v) is 9.68. The van der Waals surface area contributed by atoms with Crippen LogP contribution in [0.4, 0.5) is 0 Å². The highest BCUT2D eigenvalue weighted by Crippen LogP contribution is 2.49. The van der Waals surface area contributed by atoms with Gasteiger partial charge in [-0.05, 0) is 30.8 Å². The first-order chi connectivity index (χ1) is 11.5. The Morgan fingerprint density at radius 2 is 1.92 bits per heavy atom. The van der Waals surface area contributed by atoms with Gasteiger partial charge in [0, 0.05) is 32.4 Å². The van der Waals surface area contributed by atoms with Crippen LogP contribution in [0.1, 0.15) is 0 Å². The Kier molecular flexibility index (Phi) is 3.74. The minimum absolute atomic E-state index is 0.280. The fourth-order valence-electron chi connectivity index (χ4n) is 3.83. The first-order valence-electron chi connectivity index (χ1n) is 8.24. The van der Waals surface area contributed by atoms with Crippen molar-refractivity contribution in [2.24, 2.45) is 24.8 Å². The second-order valence-corrected chi connectivity index (χ2v) is 8.83. The minimum atomic E-state index is -3.55. The summed E-state index contributed by atoms with van der Waals surface area (Å²) in [7, 11) is -0.122. The maximum atomic E-state index is 13.1. The van der Waals surface area contributed by atoms with Crippen LogP contribution in [0.15, 0.2) is 41.4 Å². The third-order valence-corrected chi connectivity index (χ3v) is 7.09. The number of sulfonamides is 1. The van der Waals surface area contributed by atoms with E-state index in [0.29, 0.717) is 30.0 Å². The smallest absolute Gasteiger partial charge is 0.246 e. The second-order valence-electron chi connectivity index (χ2n) is 6.82. The monoisotopic (exact) mass is 346 g/mol. The summed E-state index contributed by atoms with van der Waals surface area (Å²) in [6.45, 7) is 2.62. The molecule has 1 aromatic carbocycles. The van der Waals surface area contributed by atoms with Crippen LogP contribution in [0.3, 0.4) is 0 Å². The molecule has 128 valence electrons. The largest absolute Gasteiger partial charge is 0.316 e. The van der Waals surface area contributed by atoms with Gasteiger partial charge in [0.25, 0.3) is 0 Å². The molecular weight excluding hydrogens is 324 g/mol. The van der Waals surface area contributed by atoms with Gasteiger partial charge in [0.05, 0.1) is 0 Å². The van der Waals surface area contributed by atoms with Crippen molar-refractivity contribution in [3.05, 3.63) is 36.5 Å². The fourth-order valence-corrected chi connectivity index (χ4v) is 5.22. The zero-order chi connectivity index (χ0) is 16.9. The number of hydrogen-bond donors (Lipinski definition) is 1. The molecule has 0 amide bonds. The van der Waals surface area contributed by atoms with Gasteiger partial charge in [0.15, 0.2) is 0 Å². The maximum absolute atomic E-state index is 13.1. The van der Waals surface area contributed by atoms with E-state index in [0.717, 1.165) is 18.7 Å². The third kappa shape index (κ3) is 2.56. The number of aryl methyl sites for hydroxylation is 1. The average molecular weight is 346 g/mol. The molecule has 1 unspecified atom stereocenters. The van der Waals surface area contributed by atoms with Gasteiger partial charge >= 0.3 is 0 Å². The normalized spacial score (nSPS) is 25.9. The van der Waals surface area contributed by atoms with Gasteiger partial charge in [-0.1, -0.05) is 30.3 Å². The summed E-state index contributed by atoms with van der Waals surface area (Å²) in [5.41, 5.74) is 1.33. The lowest BCUT2D eigenvalue weighted by atomic mass is 10.2. The predicted octanol–water partition coefficient (Wildman–Crippen LogP) is 1.17. The van der Waals surface area contributed by atoms with Crippen LogP contribution in [0.2, 0.25) is 0 Å². The van der Waals surface area contributed by atoms with E-state index in [4.69, 9.17) is 0 Å². The Labute approximate surface area is 142 Å². The van der Waals surface area contributed by atoms with Crippen LogP contribution in [-0.4, -0.2) is 49.2 Å². The fraction of sp³-hybridized carbons (Fsp3) is 0.471. The van der Waals surface area contributed by atoms with Crippen molar-refractivity contribution in [3.63, 3.8) is 0 Å². The summed E-state index contributed by atoms with van der Waals surface area (Å²) in [5, 5.41) is 7.73. The standard InChI is InChI=1S/C17H22N4O2S/c1-20-11-16(17(19-20)12-6-4-3-5-7-12)24(22,23)21(2)10-15-13-8-18-9-14(13)15/h3-7,11,13-15,18H,8-10H2,1-2H3/t13-,14+,15?. The van der Waals surface area contributed by atoms with Crippen LogP contribution in [-0.2, 0) is 17.1 Å².